The molecule has 0 aliphatic carbocycles. The molecule has 0 fully saturated rings. The lowest BCUT2D eigenvalue weighted by atomic mass is 10.2. The quantitative estimate of drug-likeness (QED) is 0.570. The fraction of sp³-hybridized carbons (Fsp3) is 0.0625. The maximum absolute atomic E-state index is 4.65. The first-order valence-electron chi connectivity index (χ1n) is 6.49. The van der Waals surface area contributed by atoms with E-state index in [9.17, 15) is 0 Å². The lowest BCUT2D eigenvalue weighted by Crippen LogP contribution is -1.86. The average molecular weight is 260 g/mol. The predicted octanol–water partition coefficient (Wildman–Crippen LogP) is 3.48. The van der Waals surface area contributed by atoms with Crippen molar-refractivity contribution in [1.82, 2.24) is 19.9 Å². The van der Waals surface area contributed by atoms with Crippen LogP contribution in [0.1, 0.15) is 5.56 Å². The van der Waals surface area contributed by atoms with Crippen molar-refractivity contribution in [2.75, 3.05) is 0 Å². The van der Waals surface area contributed by atoms with Gasteiger partial charge in [0.2, 0.25) is 0 Å². The van der Waals surface area contributed by atoms with Gasteiger partial charge in [0.1, 0.15) is 5.69 Å². The molecule has 3 aromatic heterocycles. The van der Waals surface area contributed by atoms with Crippen molar-refractivity contribution in [3.8, 4) is 11.5 Å². The number of H-pyrrole nitrogens is 1. The third-order valence-corrected chi connectivity index (χ3v) is 3.44. The summed E-state index contributed by atoms with van der Waals surface area (Å²) in [6.45, 7) is 2.04. The molecule has 4 heteroatoms. The van der Waals surface area contributed by atoms with E-state index in [1.165, 1.54) is 0 Å². The van der Waals surface area contributed by atoms with Gasteiger partial charge in [0.25, 0.3) is 0 Å². The summed E-state index contributed by atoms with van der Waals surface area (Å²) < 4.78 is 0. The van der Waals surface area contributed by atoms with Crippen LogP contribution in [0.3, 0.4) is 0 Å². The van der Waals surface area contributed by atoms with E-state index in [-0.39, 0.29) is 0 Å². The molecule has 0 saturated carbocycles. The van der Waals surface area contributed by atoms with Gasteiger partial charge in [-0.3, -0.25) is 0 Å². The van der Waals surface area contributed by atoms with Gasteiger partial charge >= 0.3 is 0 Å². The molecule has 0 aliphatic rings. The van der Waals surface area contributed by atoms with Gasteiger partial charge in [-0.2, -0.15) is 0 Å². The molecule has 4 nitrogen and oxygen atoms in total. The van der Waals surface area contributed by atoms with Crippen LogP contribution in [0, 0.1) is 6.92 Å². The van der Waals surface area contributed by atoms with Crippen LogP contribution < -0.4 is 0 Å². The number of fused-ring (bicyclic) bond motifs is 2. The molecule has 0 atom stereocenters. The zero-order valence-electron chi connectivity index (χ0n) is 11.0. The Morgan fingerprint density at radius 3 is 2.75 bits per heavy atom. The van der Waals surface area contributed by atoms with Gasteiger partial charge in [0.05, 0.1) is 11.0 Å². The Labute approximate surface area is 115 Å². The first-order chi connectivity index (χ1) is 9.81. The molecule has 1 aromatic carbocycles. The number of aromatic nitrogens is 4. The van der Waals surface area contributed by atoms with Gasteiger partial charge in [-0.15, -0.1) is 0 Å². The Kier molecular flexibility index (Phi) is 2.29. The van der Waals surface area contributed by atoms with Crippen molar-refractivity contribution >= 4 is 22.1 Å². The molecule has 0 radical (unpaired) electrons. The number of hydrogen-bond acceptors (Lipinski definition) is 3. The second kappa shape index (κ2) is 4.13. The molecule has 4 aromatic rings. The fourth-order valence-electron chi connectivity index (χ4n) is 2.35. The van der Waals surface area contributed by atoms with Crippen LogP contribution in [-0.2, 0) is 0 Å². The first-order valence-corrected chi connectivity index (χ1v) is 6.49. The predicted molar refractivity (Wildman–Crippen MR) is 79.4 cm³/mol. The molecule has 0 amide bonds. The zero-order chi connectivity index (χ0) is 13.5. The van der Waals surface area contributed by atoms with Crippen LogP contribution in [0.2, 0.25) is 0 Å². The molecular formula is C16H12N4. The Bertz CT molecular complexity index is 924. The zero-order valence-corrected chi connectivity index (χ0v) is 11.0. The van der Waals surface area contributed by atoms with Gasteiger partial charge < -0.3 is 4.98 Å². The van der Waals surface area contributed by atoms with Gasteiger partial charge in [0, 0.05) is 11.6 Å². The normalized spacial score (nSPS) is 11.2. The molecular weight excluding hydrogens is 248 g/mol. The highest BCUT2D eigenvalue weighted by Crippen LogP contribution is 2.22. The Morgan fingerprint density at radius 2 is 1.85 bits per heavy atom. The maximum Gasteiger partial charge on any atom is 0.178 e. The van der Waals surface area contributed by atoms with Crippen molar-refractivity contribution < 1.29 is 0 Å². The van der Waals surface area contributed by atoms with Crippen LogP contribution in [0.5, 0.6) is 0 Å². The summed E-state index contributed by atoms with van der Waals surface area (Å²) in [7, 11) is 0. The van der Waals surface area contributed by atoms with Crippen LogP contribution >= 0.6 is 0 Å². The average Bonchev–Trinajstić information content (AvgIpc) is 2.92. The molecule has 96 valence electrons. The summed E-state index contributed by atoms with van der Waals surface area (Å²) in [5, 5.41) is 1.13. The standard InChI is InChI=1S/C16H12N4/c1-10-8-9-17-16-14(10)19-15(20-16)13-7-6-11-4-2-3-5-12(11)18-13/h2-9H,1H3,(H,17,19,20). The topological polar surface area (TPSA) is 54.5 Å². The largest absolute Gasteiger partial charge is 0.335 e. The van der Waals surface area contributed by atoms with E-state index in [0.717, 1.165) is 39.1 Å². The molecule has 0 bridgehead atoms. The van der Waals surface area contributed by atoms with Gasteiger partial charge in [-0.05, 0) is 30.7 Å². The monoisotopic (exact) mass is 260 g/mol. The molecule has 0 spiro atoms. The number of hydrogen-bond donors (Lipinski definition) is 1. The Morgan fingerprint density at radius 1 is 0.950 bits per heavy atom. The molecule has 1 N–H and O–H groups in total. The third kappa shape index (κ3) is 1.66. The molecule has 0 unspecified atom stereocenters. The number of pyridine rings is 2. The van der Waals surface area contributed by atoms with E-state index in [2.05, 4.69) is 32.1 Å². The number of imidazole rings is 1. The summed E-state index contributed by atoms with van der Waals surface area (Å²) in [4.78, 5) is 16.8. The second-order valence-corrected chi connectivity index (χ2v) is 4.80. The van der Waals surface area contributed by atoms with E-state index in [0.29, 0.717) is 0 Å². The Balaban J connectivity index is 1.94. The number of nitrogens with zero attached hydrogens (tertiary/aromatic N) is 3. The highest BCUT2D eigenvalue weighted by atomic mass is 15.0. The van der Waals surface area contributed by atoms with E-state index < -0.39 is 0 Å². The van der Waals surface area contributed by atoms with Crippen LogP contribution in [0.25, 0.3) is 33.6 Å². The Hall–Kier alpha value is -2.75. The van der Waals surface area contributed by atoms with Crippen molar-refractivity contribution in [2.45, 2.75) is 6.92 Å². The minimum absolute atomic E-state index is 0.731. The molecule has 0 aliphatic heterocycles. The highest BCUT2D eigenvalue weighted by Gasteiger charge is 2.09. The fourth-order valence-corrected chi connectivity index (χ4v) is 2.35. The minimum atomic E-state index is 0.731. The number of para-hydroxylation sites is 1. The third-order valence-electron chi connectivity index (χ3n) is 3.44. The van der Waals surface area contributed by atoms with E-state index in [4.69, 9.17) is 0 Å². The number of aryl methyl sites for hydroxylation is 1. The number of benzene rings is 1. The van der Waals surface area contributed by atoms with Gasteiger partial charge in [-0.25, -0.2) is 15.0 Å². The summed E-state index contributed by atoms with van der Waals surface area (Å²) >= 11 is 0. The maximum atomic E-state index is 4.65. The highest BCUT2D eigenvalue weighted by molar-refractivity contribution is 5.82. The summed E-state index contributed by atoms with van der Waals surface area (Å²) in [5.41, 5.74) is 4.64. The van der Waals surface area contributed by atoms with Gasteiger partial charge in [0.15, 0.2) is 11.5 Å². The van der Waals surface area contributed by atoms with Crippen molar-refractivity contribution in [3.63, 3.8) is 0 Å². The van der Waals surface area contributed by atoms with E-state index in [1.54, 1.807) is 6.20 Å². The second-order valence-electron chi connectivity index (χ2n) is 4.80. The molecule has 20 heavy (non-hydrogen) atoms. The van der Waals surface area contributed by atoms with E-state index in [1.807, 2.05) is 37.3 Å². The molecule has 4 rings (SSSR count). The molecule has 3 heterocycles. The SMILES string of the molecule is Cc1ccnc2nc(-c3ccc4ccccc4n3)[nH]c12. The minimum Gasteiger partial charge on any atom is -0.335 e. The smallest absolute Gasteiger partial charge is 0.178 e. The van der Waals surface area contributed by atoms with E-state index >= 15 is 0 Å². The van der Waals surface area contributed by atoms with Crippen LogP contribution in [0.15, 0.2) is 48.7 Å². The van der Waals surface area contributed by atoms with Crippen LogP contribution in [0.4, 0.5) is 0 Å². The van der Waals surface area contributed by atoms with Gasteiger partial charge in [-0.1, -0.05) is 24.3 Å². The number of rotatable bonds is 1. The first kappa shape index (κ1) is 11.1. The van der Waals surface area contributed by atoms with Crippen molar-refractivity contribution in [2.24, 2.45) is 0 Å². The lowest BCUT2D eigenvalue weighted by molar-refractivity contribution is 1.25. The molecule has 0 saturated heterocycles. The summed E-state index contributed by atoms with van der Waals surface area (Å²) in [6.07, 6.45) is 1.77. The van der Waals surface area contributed by atoms with Crippen LogP contribution in [-0.4, -0.2) is 19.9 Å². The number of aromatic amines is 1. The van der Waals surface area contributed by atoms with Crippen molar-refractivity contribution in [1.29, 1.82) is 0 Å². The van der Waals surface area contributed by atoms with Crippen molar-refractivity contribution in [3.05, 3.63) is 54.2 Å². The number of nitrogens with one attached hydrogen (secondary N) is 1. The lowest BCUT2D eigenvalue weighted by Gasteiger charge is -1.99. The summed E-state index contributed by atoms with van der Waals surface area (Å²) in [5.74, 6) is 0.757. The summed E-state index contributed by atoms with van der Waals surface area (Å²) in [6, 6.07) is 14.1.